The van der Waals surface area contributed by atoms with E-state index >= 15 is 0 Å². The zero-order chi connectivity index (χ0) is 17.7. The molecule has 1 saturated carbocycles. The molecule has 0 unspecified atom stereocenters. The highest BCUT2D eigenvalue weighted by atomic mass is 19.2. The van der Waals surface area contributed by atoms with Gasteiger partial charge in [-0.05, 0) is 12.8 Å². The fourth-order valence-electron chi connectivity index (χ4n) is 2.59. The smallest absolute Gasteiger partial charge is 0.337 e. The van der Waals surface area contributed by atoms with E-state index in [1.807, 2.05) is 0 Å². The van der Waals surface area contributed by atoms with Crippen LogP contribution in [-0.4, -0.2) is 18.7 Å². The largest absolute Gasteiger partial charge is 0.418 e. The Morgan fingerprint density at radius 3 is 1.79 bits per heavy atom. The summed E-state index contributed by atoms with van der Waals surface area (Å²) in [5, 5.41) is 0. The van der Waals surface area contributed by atoms with Crippen LogP contribution in [0.3, 0.4) is 0 Å². The Balaban J connectivity index is 1.97. The summed E-state index contributed by atoms with van der Waals surface area (Å²) in [4.78, 5) is 11.6. The molecule has 1 aromatic rings. The summed E-state index contributed by atoms with van der Waals surface area (Å²) in [5.41, 5.74) is 0. The van der Waals surface area contributed by atoms with Crippen LogP contribution in [0.15, 0.2) is 0 Å². The van der Waals surface area contributed by atoms with Crippen LogP contribution in [0.4, 0.5) is 22.0 Å². The average Bonchev–Trinajstić information content (AvgIpc) is 2.54. The molecule has 1 fully saturated rings. The molecular weight excluding hydrogens is 335 g/mol. The third-order valence-electron chi connectivity index (χ3n) is 3.87. The van der Waals surface area contributed by atoms with Crippen molar-refractivity contribution in [2.45, 2.75) is 51.0 Å². The molecule has 0 radical (unpaired) electrons. The fraction of sp³-hybridized carbons (Fsp3) is 0.562. The molecule has 3 nitrogen and oxygen atoms in total. The molecule has 0 aromatic heterocycles. The molecule has 1 aliphatic rings. The quantitative estimate of drug-likeness (QED) is 0.265. The van der Waals surface area contributed by atoms with Gasteiger partial charge in [-0.15, -0.1) is 0 Å². The van der Waals surface area contributed by atoms with Crippen LogP contribution in [-0.2, 0) is 9.53 Å². The maximum atomic E-state index is 13.4. The minimum absolute atomic E-state index is 0.186. The number of hydrogen-bond acceptors (Lipinski definition) is 3. The fourth-order valence-corrected chi connectivity index (χ4v) is 2.59. The molecule has 8 heteroatoms. The number of esters is 1. The van der Waals surface area contributed by atoms with Crippen molar-refractivity contribution in [1.29, 1.82) is 0 Å². The van der Waals surface area contributed by atoms with Gasteiger partial charge in [0.1, 0.15) is 6.61 Å². The van der Waals surface area contributed by atoms with Gasteiger partial charge in [0.15, 0.2) is 0 Å². The summed E-state index contributed by atoms with van der Waals surface area (Å²) in [7, 11) is 0. The first-order valence-corrected chi connectivity index (χ1v) is 7.75. The van der Waals surface area contributed by atoms with Crippen LogP contribution in [0.5, 0.6) is 5.75 Å². The number of halogens is 5. The summed E-state index contributed by atoms with van der Waals surface area (Å²) in [6.45, 7) is -0.621. The lowest BCUT2D eigenvalue weighted by atomic mass is 9.99. The molecule has 1 aliphatic carbocycles. The van der Waals surface area contributed by atoms with E-state index in [1.54, 1.807) is 0 Å². The van der Waals surface area contributed by atoms with Crippen molar-refractivity contribution in [1.82, 2.24) is 0 Å². The normalized spacial score (nSPS) is 16.5. The van der Waals surface area contributed by atoms with Crippen molar-refractivity contribution in [3.05, 3.63) is 29.1 Å². The number of carbonyl (C=O) groups is 1. The zero-order valence-corrected chi connectivity index (χ0v) is 12.8. The second-order valence-electron chi connectivity index (χ2n) is 5.65. The Bertz CT molecular complexity index is 569. The summed E-state index contributed by atoms with van der Waals surface area (Å²) >= 11 is 0. The molecule has 2 rings (SSSR count). The van der Waals surface area contributed by atoms with Gasteiger partial charge in [0.05, 0.1) is 6.10 Å². The minimum Gasteiger partial charge on any atom is -0.418 e. The Morgan fingerprint density at radius 1 is 0.792 bits per heavy atom. The molecule has 0 N–H and O–H groups in total. The van der Waals surface area contributed by atoms with E-state index < -0.39 is 47.4 Å². The van der Waals surface area contributed by atoms with Crippen molar-refractivity contribution in [3.63, 3.8) is 0 Å². The van der Waals surface area contributed by atoms with Crippen molar-refractivity contribution in [2.75, 3.05) is 6.61 Å². The van der Waals surface area contributed by atoms with Crippen LogP contribution in [0.25, 0.3) is 0 Å². The van der Waals surface area contributed by atoms with Gasteiger partial charge in [-0.1, -0.05) is 32.1 Å². The van der Waals surface area contributed by atoms with E-state index in [-0.39, 0.29) is 6.10 Å². The Labute approximate surface area is 135 Å². The maximum absolute atomic E-state index is 13.4. The minimum atomic E-state index is -2.31. The molecule has 0 atom stereocenters. The molecule has 0 aliphatic heterocycles. The highest BCUT2D eigenvalue weighted by Gasteiger charge is 2.28. The van der Waals surface area contributed by atoms with Gasteiger partial charge in [-0.2, -0.15) is 8.78 Å². The molecule has 0 amide bonds. The Morgan fingerprint density at radius 2 is 1.25 bits per heavy atom. The SMILES string of the molecule is O=C(COC1CCCCCCC1)Oc1c(F)c(F)c(F)c(F)c1F. The molecule has 0 bridgehead atoms. The summed E-state index contributed by atoms with van der Waals surface area (Å²) in [6.07, 6.45) is 6.47. The van der Waals surface area contributed by atoms with Gasteiger partial charge in [0.2, 0.25) is 34.8 Å². The van der Waals surface area contributed by atoms with E-state index in [0.29, 0.717) is 0 Å². The lowest BCUT2D eigenvalue weighted by Crippen LogP contribution is -2.23. The third-order valence-corrected chi connectivity index (χ3v) is 3.87. The zero-order valence-electron chi connectivity index (χ0n) is 12.8. The second-order valence-corrected chi connectivity index (χ2v) is 5.65. The number of hydrogen-bond donors (Lipinski definition) is 0. The summed E-state index contributed by atoms with van der Waals surface area (Å²) in [5.74, 6) is -13.9. The van der Waals surface area contributed by atoms with Gasteiger partial charge in [0, 0.05) is 0 Å². The summed E-state index contributed by atoms with van der Waals surface area (Å²) < 4.78 is 75.4. The van der Waals surface area contributed by atoms with E-state index in [4.69, 9.17) is 4.74 Å². The lowest BCUT2D eigenvalue weighted by molar-refractivity contribution is -0.142. The van der Waals surface area contributed by atoms with Gasteiger partial charge in [-0.25, -0.2) is 18.0 Å². The number of benzene rings is 1. The molecule has 1 aromatic carbocycles. The molecule has 0 heterocycles. The predicted octanol–water partition coefficient (Wildman–Crippen LogP) is 4.42. The van der Waals surface area contributed by atoms with Crippen LogP contribution < -0.4 is 4.74 Å². The molecule has 0 spiro atoms. The van der Waals surface area contributed by atoms with Gasteiger partial charge < -0.3 is 9.47 Å². The Kier molecular flexibility index (Phi) is 6.53. The number of ether oxygens (including phenoxy) is 2. The second kappa shape index (κ2) is 8.41. The topological polar surface area (TPSA) is 35.5 Å². The molecule has 134 valence electrons. The first-order chi connectivity index (χ1) is 11.4. The highest BCUT2D eigenvalue weighted by Crippen LogP contribution is 2.29. The number of carbonyl (C=O) groups excluding carboxylic acids is 1. The van der Waals surface area contributed by atoms with E-state index in [2.05, 4.69) is 4.74 Å². The maximum Gasteiger partial charge on any atom is 0.337 e. The van der Waals surface area contributed by atoms with Crippen molar-refractivity contribution < 1.29 is 36.2 Å². The first kappa shape index (κ1) is 18.6. The van der Waals surface area contributed by atoms with Gasteiger partial charge in [-0.3, -0.25) is 0 Å². The Hall–Kier alpha value is -1.70. The molecular formula is C16H17F5O3. The van der Waals surface area contributed by atoms with Gasteiger partial charge >= 0.3 is 5.97 Å². The number of rotatable bonds is 4. The van der Waals surface area contributed by atoms with Crippen LogP contribution in [0.1, 0.15) is 44.9 Å². The van der Waals surface area contributed by atoms with Gasteiger partial charge in [0.25, 0.3) is 0 Å². The lowest BCUT2D eigenvalue weighted by Gasteiger charge is -2.19. The van der Waals surface area contributed by atoms with Crippen molar-refractivity contribution >= 4 is 5.97 Å². The van der Waals surface area contributed by atoms with E-state index in [1.165, 1.54) is 0 Å². The molecule has 24 heavy (non-hydrogen) atoms. The van der Waals surface area contributed by atoms with E-state index in [9.17, 15) is 26.7 Å². The van der Waals surface area contributed by atoms with Crippen LogP contribution >= 0.6 is 0 Å². The molecule has 0 saturated heterocycles. The average molecular weight is 352 g/mol. The van der Waals surface area contributed by atoms with Crippen molar-refractivity contribution in [3.8, 4) is 5.75 Å². The standard InChI is InChI=1S/C16H17F5O3/c17-11-12(18)14(20)16(15(21)13(11)19)24-10(22)8-23-9-6-4-2-1-3-5-7-9/h9H,1-8H2. The summed E-state index contributed by atoms with van der Waals surface area (Å²) in [6, 6.07) is 0. The predicted molar refractivity (Wildman–Crippen MR) is 73.9 cm³/mol. The first-order valence-electron chi connectivity index (χ1n) is 7.75. The van der Waals surface area contributed by atoms with Crippen LogP contribution in [0.2, 0.25) is 0 Å². The van der Waals surface area contributed by atoms with Crippen LogP contribution in [0, 0.1) is 29.1 Å². The third kappa shape index (κ3) is 4.43. The highest BCUT2D eigenvalue weighted by molar-refractivity contribution is 5.73. The monoisotopic (exact) mass is 352 g/mol. The van der Waals surface area contributed by atoms with E-state index in [0.717, 1.165) is 44.9 Å². The van der Waals surface area contributed by atoms with Crippen molar-refractivity contribution in [2.24, 2.45) is 0 Å².